The van der Waals surface area contributed by atoms with Gasteiger partial charge in [-0.25, -0.2) is 5.43 Å². The number of nitrogens with zero attached hydrogens (tertiary/aromatic N) is 1. The third-order valence-electron chi connectivity index (χ3n) is 4.86. The maximum atomic E-state index is 12.8. The van der Waals surface area contributed by atoms with Crippen LogP contribution >= 0.6 is 27.7 Å². The van der Waals surface area contributed by atoms with E-state index in [-0.39, 0.29) is 12.5 Å². The van der Waals surface area contributed by atoms with Crippen molar-refractivity contribution in [2.24, 2.45) is 5.10 Å². The Morgan fingerprint density at radius 2 is 1.76 bits per heavy atom. The molecule has 8 heteroatoms. The largest absolute Gasteiger partial charge is 0.396 e. The molecule has 0 aliphatic rings. The zero-order chi connectivity index (χ0) is 24.3. The highest BCUT2D eigenvalue weighted by molar-refractivity contribution is 9.10. The lowest BCUT2D eigenvalue weighted by Gasteiger charge is -2.11. The number of benzene rings is 3. The summed E-state index contributed by atoms with van der Waals surface area (Å²) in [5, 5.41) is 15.7. The predicted octanol–water partition coefficient (Wildman–Crippen LogP) is 5.39. The fourth-order valence-electron chi connectivity index (χ4n) is 2.99. The number of anilines is 1. The Balaban J connectivity index is 1.65. The molecule has 0 radical (unpaired) electrons. The molecule has 0 heterocycles. The van der Waals surface area contributed by atoms with E-state index in [1.54, 1.807) is 48.3 Å². The van der Waals surface area contributed by atoms with Crippen LogP contribution in [0.3, 0.4) is 0 Å². The van der Waals surface area contributed by atoms with Crippen LogP contribution in [0.5, 0.6) is 0 Å². The van der Waals surface area contributed by atoms with Crippen LogP contribution in [0, 0.1) is 6.92 Å². The lowest BCUT2D eigenvalue weighted by atomic mass is 10.1. The van der Waals surface area contributed by atoms with Gasteiger partial charge in [-0.05, 0) is 60.6 Å². The van der Waals surface area contributed by atoms with E-state index in [0.717, 1.165) is 34.6 Å². The number of thioether (sulfide) groups is 1. The van der Waals surface area contributed by atoms with Gasteiger partial charge in [-0.15, -0.1) is 0 Å². The molecule has 34 heavy (non-hydrogen) atoms. The number of nitrogens with one attached hydrogen (secondary N) is 2. The molecule has 0 bridgehead atoms. The summed E-state index contributed by atoms with van der Waals surface area (Å²) in [4.78, 5) is 25.6. The maximum Gasteiger partial charge on any atom is 0.273 e. The first-order valence-electron chi connectivity index (χ1n) is 10.7. The summed E-state index contributed by atoms with van der Waals surface area (Å²) >= 11 is 5.12. The van der Waals surface area contributed by atoms with Crippen molar-refractivity contribution in [1.82, 2.24) is 5.43 Å². The van der Waals surface area contributed by atoms with E-state index in [0.29, 0.717) is 21.3 Å². The van der Waals surface area contributed by atoms with Crippen LogP contribution in [0.1, 0.15) is 43.8 Å². The minimum atomic E-state index is -0.435. The van der Waals surface area contributed by atoms with Crippen LogP contribution in [-0.4, -0.2) is 35.5 Å². The number of aliphatic hydroxyl groups excluding tert-OH is 1. The van der Waals surface area contributed by atoms with Gasteiger partial charge < -0.3 is 10.4 Å². The molecule has 6 nitrogen and oxygen atoms in total. The third kappa shape index (κ3) is 7.83. The van der Waals surface area contributed by atoms with Gasteiger partial charge in [-0.1, -0.05) is 57.9 Å². The van der Waals surface area contributed by atoms with Crippen LogP contribution < -0.4 is 10.7 Å². The average molecular weight is 540 g/mol. The van der Waals surface area contributed by atoms with E-state index in [1.165, 1.54) is 0 Å². The van der Waals surface area contributed by atoms with Crippen molar-refractivity contribution in [3.63, 3.8) is 0 Å². The number of hydrogen-bond acceptors (Lipinski definition) is 5. The summed E-state index contributed by atoms with van der Waals surface area (Å²) < 4.78 is 0.709. The van der Waals surface area contributed by atoms with Crippen molar-refractivity contribution in [3.8, 4) is 0 Å². The molecule has 0 atom stereocenters. The van der Waals surface area contributed by atoms with Gasteiger partial charge in [0.05, 0.1) is 17.5 Å². The zero-order valence-electron chi connectivity index (χ0n) is 18.8. The Kier molecular flexibility index (Phi) is 9.88. The molecule has 0 saturated carbocycles. The number of carbonyl (C=O) groups is 2. The fraction of sp³-hybridized carbons (Fsp3) is 0.192. The Hall–Kier alpha value is -2.94. The SMILES string of the molecule is Cc1ccc(/C=N/NC(=O)c2cc(Br)ccc2NC(=O)c2ccc(CSCCCO)cc2)cc1. The third-order valence-corrected chi connectivity index (χ3v) is 6.47. The molecule has 2 amide bonds. The number of rotatable bonds is 10. The van der Waals surface area contributed by atoms with Gasteiger partial charge in [-0.3, -0.25) is 9.59 Å². The molecule has 0 spiro atoms. The molecular formula is C26H26BrN3O3S. The van der Waals surface area contributed by atoms with Crippen molar-refractivity contribution >= 4 is 51.4 Å². The summed E-state index contributed by atoms with van der Waals surface area (Å²) in [5.41, 5.74) is 6.81. The molecule has 0 aromatic heterocycles. The molecule has 3 rings (SSSR count). The van der Waals surface area contributed by atoms with E-state index in [9.17, 15) is 9.59 Å². The van der Waals surface area contributed by atoms with E-state index < -0.39 is 5.91 Å². The van der Waals surface area contributed by atoms with Gasteiger partial charge >= 0.3 is 0 Å². The fourth-order valence-corrected chi connectivity index (χ4v) is 4.26. The highest BCUT2D eigenvalue weighted by atomic mass is 79.9. The van der Waals surface area contributed by atoms with Crippen molar-refractivity contribution in [2.45, 2.75) is 19.1 Å². The number of aliphatic hydroxyl groups is 1. The zero-order valence-corrected chi connectivity index (χ0v) is 21.2. The normalized spacial score (nSPS) is 10.9. The van der Waals surface area contributed by atoms with E-state index >= 15 is 0 Å². The first kappa shape index (κ1) is 25.7. The Labute approximate surface area is 212 Å². The second-order valence-electron chi connectivity index (χ2n) is 7.58. The van der Waals surface area contributed by atoms with E-state index in [4.69, 9.17) is 5.11 Å². The minimum absolute atomic E-state index is 0.196. The molecule has 3 aromatic rings. The summed E-state index contributed by atoms with van der Waals surface area (Å²) in [6.07, 6.45) is 2.34. The van der Waals surface area contributed by atoms with Crippen molar-refractivity contribution in [2.75, 3.05) is 17.7 Å². The van der Waals surface area contributed by atoms with Gasteiger partial charge in [0.15, 0.2) is 0 Å². The predicted molar refractivity (Wildman–Crippen MR) is 143 cm³/mol. The number of halogens is 1. The monoisotopic (exact) mass is 539 g/mol. The maximum absolute atomic E-state index is 12.8. The first-order chi connectivity index (χ1) is 16.5. The van der Waals surface area contributed by atoms with E-state index in [1.807, 2.05) is 43.3 Å². The summed E-state index contributed by atoms with van der Waals surface area (Å²) in [5.74, 6) is 0.971. The van der Waals surface area contributed by atoms with Crippen LogP contribution in [0.4, 0.5) is 5.69 Å². The molecule has 3 N–H and O–H groups in total. The summed E-state index contributed by atoms with van der Waals surface area (Å²) in [6.45, 7) is 2.20. The Bertz CT molecular complexity index is 1150. The summed E-state index contributed by atoms with van der Waals surface area (Å²) in [6, 6.07) is 20.2. The minimum Gasteiger partial charge on any atom is -0.396 e. The van der Waals surface area contributed by atoms with E-state index in [2.05, 4.69) is 31.8 Å². The van der Waals surface area contributed by atoms with Gasteiger partial charge in [0.1, 0.15) is 0 Å². The van der Waals surface area contributed by atoms with Crippen LogP contribution in [0.15, 0.2) is 76.3 Å². The first-order valence-corrected chi connectivity index (χ1v) is 12.7. The van der Waals surface area contributed by atoms with Gasteiger partial charge in [0, 0.05) is 22.4 Å². The summed E-state index contributed by atoms with van der Waals surface area (Å²) in [7, 11) is 0. The van der Waals surface area contributed by atoms with Crippen molar-refractivity contribution in [3.05, 3.63) is 99.0 Å². The average Bonchev–Trinajstić information content (AvgIpc) is 2.84. The molecule has 0 aliphatic carbocycles. The lowest BCUT2D eigenvalue weighted by Crippen LogP contribution is -2.21. The van der Waals surface area contributed by atoms with Gasteiger partial charge in [-0.2, -0.15) is 16.9 Å². The number of aryl methyl sites for hydroxylation is 1. The molecule has 3 aromatic carbocycles. The Morgan fingerprint density at radius 3 is 2.47 bits per heavy atom. The highest BCUT2D eigenvalue weighted by Crippen LogP contribution is 2.22. The molecular weight excluding hydrogens is 514 g/mol. The Morgan fingerprint density at radius 1 is 1.03 bits per heavy atom. The standard InChI is InChI=1S/C26H26BrN3O3S/c1-18-3-5-19(6-4-18)16-28-30-26(33)23-15-22(27)11-12-24(23)29-25(32)21-9-7-20(8-10-21)17-34-14-2-13-31/h3-12,15-16,31H,2,13-14,17H2,1H3,(H,29,32)(H,30,33)/b28-16+. The number of carbonyl (C=O) groups excluding carboxylic acids is 2. The second kappa shape index (κ2) is 13.1. The van der Waals surface area contributed by atoms with Crippen LogP contribution in [0.25, 0.3) is 0 Å². The lowest BCUT2D eigenvalue weighted by molar-refractivity contribution is 0.0956. The number of hydrogen-bond donors (Lipinski definition) is 3. The molecule has 0 aliphatic heterocycles. The van der Waals surface area contributed by atoms with Crippen LogP contribution in [-0.2, 0) is 5.75 Å². The topological polar surface area (TPSA) is 90.8 Å². The smallest absolute Gasteiger partial charge is 0.273 e. The second-order valence-corrected chi connectivity index (χ2v) is 9.60. The van der Waals surface area contributed by atoms with Crippen LogP contribution in [0.2, 0.25) is 0 Å². The van der Waals surface area contributed by atoms with Gasteiger partial charge in [0.25, 0.3) is 11.8 Å². The number of hydrazone groups is 1. The quantitative estimate of drug-likeness (QED) is 0.183. The highest BCUT2D eigenvalue weighted by Gasteiger charge is 2.15. The molecule has 0 saturated heterocycles. The molecule has 176 valence electrons. The number of amides is 2. The molecule has 0 unspecified atom stereocenters. The van der Waals surface area contributed by atoms with Crippen molar-refractivity contribution < 1.29 is 14.7 Å². The van der Waals surface area contributed by atoms with Gasteiger partial charge in [0.2, 0.25) is 0 Å². The van der Waals surface area contributed by atoms with Crippen molar-refractivity contribution in [1.29, 1.82) is 0 Å². The molecule has 0 fully saturated rings.